The standard InChI is InChI=1S/C22H25N3O4S/c1-12(2)25(8-9-26)22(27)21-23-20-16-6-5-15(19-13(3)24-29-14(19)4)11-17(16)28-10-7-18(20)30-21/h5-6,11-12,26H,7-10H2,1-4H3. The van der Waals surface area contributed by atoms with Crippen molar-refractivity contribution >= 4 is 17.2 Å². The molecule has 0 aliphatic carbocycles. The molecule has 0 unspecified atom stereocenters. The number of carbonyl (C=O) groups is 1. The Morgan fingerprint density at radius 3 is 2.80 bits per heavy atom. The van der Waals surface area contributed by atoms with Crippen LogP contribution in [-0.4, -0.2) is 51.9 Å². The van der Waals surface area contributed by atoms with Gasteiger partial charge in [0, 0.05) is 35.0 Å². The number of aliphatic hydroxyl groups is 1. The van der Waals surface area contributed by atoms with Crippen molar-refractivity contribution in [3.8, 4) is 28.1 Å². The van der Waals surface area contributed by atoms with Crippen LogP contribution in [0.5, 0.6) is 5.75 Å². The molecule has 0 bridgehead atoms. The van der Waals surface area contributed by atoms with Gasteiger partial charge < -0.3 is 19.3 Å². The average molecular weight is 428 g/mol. The molecule has 7 nitrogen and oxygen atoms in total. The van der Waals surface area contributed by atoms with E-state index >= 15 is 0 Å². The lowest BCUT2D eigenvalue weighted by Crippen LogP contribution is -2.38. The monoisotopic (exact) mass is 427 g/mol. The normalized spacial score (nSPS) is 12.9. The van der Waals surface area contributed by atoms with Gasteiger partial charge in [-0.05, 0) is 45.4 Å². The lowest BCUT2D eigenvalue weighted by atomic mass is 10.0. The Morgan fingerprint density at radius 2 is 2.13 bits per heavy atom. The molecule has 4 rings (SSSR count). The summed E-state index contributed by atoms with van der Waals surface area (Å²) in [7, 11) is 0. The Kier molecular flexibility index (Phi) is 5.62. The van der Waals surface area contributed by atoms with Crippen molar-refractivity contribution in [2.45, 2.75) is 40.2 Å². The first kappa shape index (κ1) is 20.6. The molecule has 2 aromatic heterocycles. The van der Waals surface area contributed by atoms with E-state index in [9.17, 15) is 9.90 Å². The second-order valence-corrected chi connectivity index (χ2v) is 8.70. The molecule has 0 atom stereocenters. The largest absolute Gasteiger partial charge is 0.492 e. The van der Waals surface area contributed by atoms with Gasteiger partial charge in [0.1, 0.15) is 11.5 Å². The zero-order valence-electron chi connectivity index (χ0n) is 17.6. The van der Waals surface area contributed by atoms with Crippen molar-refractivity contribution in [1.29, 1.82) is 0 Å². The average Bonchev–Trinajstić information content (AvgIpc) is 3.24. The summed E-state index contributed by atoms with van der Waals surface area (Å²) in [6.45, 7) is 8.42. The molecular weight excluding hydrogens is 402 g/mol. The highest BCUT2D eigenvalue weighted by Crippen LogP contribution is 2.40. The highest BCUT2D eigenvalue weighted by Gasteiger charge is 2.27. The van der Waals surface area contributed by atoms with E-state index in [4.69, 9.17) is 14.2 Å². The summed E-state index contributed by atoms with van der Waals surface area (Å²) in [4.78, 5) is 20.4. The minimum absolute atomic E-state index is 0.0124. The smallest absolute Gasteiger partial charge is 0.283 e. The lowest BCUT2D eigenvalue weighted by Gasteiger charge is -2.24. The number of fused-ring (bicyclic) bond motifs is 3. The fourth-order valence-corrected chi connectivity index (χ4v) is 4.80. The fourth-order valence-electron chi connectivity index (χ4n) is 3.79. The molecule has 1 aliphatic heterocycles. The van der Waals surface area contributed by atoms with Gasteiger partial charge in [0.2, 0.25) is 0 Å². The predicted molar refractivity (Wildman–Crippen MR) is 115 cm³/mol. The van der Waals surface area contributed by atoms with E-state index in [1.807, 2.05) is 45.9 Å². The SMILES string of the molecule is Cc1noc(C)c1-c1ccc2c(c1)OCCc1sc(C(=O)N(CCO)C(C)C)nc1-2. The van der Waals surface area contributed by atoms with Crippen molar-refractivity contribution in [2.24, 2.45) is 0 Å². The summed E-state index contributed by atoms with van der Waals surface area (Å²) in [6, 6.07) is 5.98. The van der Waals surface area contributed by atoms with Gasteiger partial charge in [-0.3, -0.25) is 4.79 Å². The molecule has 30 heavy (non-hydrogen) atoms. The van der Waals surface area contributed by atoms with E-state index < -0.39 is 0 Å². The first-order valence-corrected chi connectivity index (χ1v) is 10.8. The van der Waals surface area contributed by atoms with Gasteiger partial charge in [0.15, 0.2) is 5.01 Å². The number of amides is 1. The molecule has 1 amide bonds. The molecule has 0 radical (unpaired) electrons. The number of hydrogen-bond acceptors (Lipinski definition) is 7. The highest BCUT2D eigenvalue weighted by atomic mass is 32.1. The molecule has 0 saturated heterocycles. The van der Waals surface area contributed by atoms with Crippen LogP contribution in [0.4, 0.5) is 0 Å². The predicted octanol–water partition coefficient (Wildman–Crippen LogP) is 3.86. The Balaban J connectivity index is 1.73. The third kappa shape index (κ3) is 3.61. The molecule has 0 saturated carbocycles. The maximum Gasteiger partial charge on any atom is 0.283 e. The number of aliphatic hydroxyl groups excluding tert-OH is 1. The van der Waals surface area contributed by atoms with Crippen molar-refractivity contribution < 1.29 is 19.2 Å². The van der Waals surface area contributed by atoms with E-state index in [2.05, 4.69) is 5.16 Å². The summed E-state index contributed by atoms with van der Waals surface area (Å²) in [6.07, 6.45) is 0.692. The third-order valence-corrected chi connectivity index (χ3v) is 6.35. The van der Waals surface area contributed by atoms with Crippen LogP contribution in [0.25, 0.3) is 22.4 Å². The number of hydrogen-bond donors (Lipinski definition) is 1. The van der Waals surface area contributed by atoms with Gasteiger partial charge in [-0.15, -0.1) is 11.3 Å². The Morgan fingerprint density at radius 1 is 1.33 bits per heavy atom. The zero-order chi connectivity index (χ0) is 21.4. The van der Waals surface area contributed by atoms with Crippen LogP contribution in [0.3, 0.4) is 0 Å². The maximum atomic E-state index is 13.0. The van der Waals surface area contributed by atoms with Gasteiger partial charge in [-0.1, -0.05) is 11.2 Å². The third-order valence-electron chi connectivity index (χ3n) is 5.25. The second kappa shape index (κ2) is 8.20. The molecule has 0 fully saturated rings. The Labute approximate surface area is 179 Å². The number of aryl methyl sites for hydroxylation is 2. The van der Waals surface area contributed by atoms with Crippen LogP contribution in [0.2, 0.25) is 0 Å². The first-order valence-electron chi connectivity index (χ1n) is 10.0. The van der Waals surface area contributed by atoms with Crippen molar-refractivity contribution in [3.05, 3.63) is 39.5 Å². The van der Waals surface area contributed by atoms with Gasteiger partial charge in [0.05, 0.1) is 24.6 Å². The van der Waals surface area contributed by atoms with Crippen LogP contribution in [0.15, 0.2) is 22.7 Å². The van der Waals surface area contributed by atoms with Gasteiger partial charge in [0.25, 0.3) is 5.91 Å². The van der Waals surface area contributed by atoms with Gasteiger partial charge in [-0.2, -0.15) is 0 Å². The Hall–Kier alpha value is -2.71. The molecule has 1 aliphatic rings. The van der Waals surface area contributed by atoms with Crippen molar-refractivity contribution in [3.63, 3.8) is 0 Å². The molecule has 1 aromatic carbocycles. The first-order chi connectivity index (χ1) is 14.4. The molecule has 0 spiro atoms. The van der Waals surface area contributed by atoms with Crippen LogP contribution in [0.1, 0.15) is 40.0 Å². The summed E-state index contributed by atoms with van der Waals surface area (Å²) in [5.74, 6) is 1.36. The van der Waals surface area contributed by atoms with E-state index in [1.54, 1.807) is 4.90 Å². The van der Waals surface area contributed by atoms with E-state index in [-0.39, 0.29) is 18.6 Å². The minimum Gasteiger partial charge on any atom is -0.492 e. The molecule has 8 heteroatoms. The summed E-state index contributed by atoms with van der Waals surface area (Å²) >= 11 is 1.41. The maximum absolute atomic E-state index is 13.0. The quantitative estimate of drug-likeness (QED) is 0.665. The second-order valence-electron chi connectivity index (χ2n) is 7.62. The molecule has 3 aromatic rings. The summed E-state index contributed by atoms with van der Waals surface area (Å²) < 4.78 is 11.3. The van der Waals surface area contributed by atoms with Crippen molar-refractivity contribution in [2.75, 3.05) is 19.8 Å². The number of thiazole rings is 1. The lowest BCUT2D eigenvalue weighted by molar-refractivity contribution is 0.0665. The Bertz CT molecular complexity index is 1070. The van der Waals surface area contributed by atoms with Crippen LogP contribution in [0, 0.1) is 13.8 Å². The van der Waals surface area contributed by atoms with Crippen LogP contribution < -0.4 is 4.74 Å². The van der Waals surface area contributed by atoms with Crippen LogP contribution >= 0.6 is 11.3 Å². The number of ether oxygens (including phenoxy) is 1. The van der Waals surface area contributed by atoms with Crippen molar-refractivity contribution in [1.82, 2.24) is 15.0 Å². The minimum atomic E-state index is -0.146. The zero-order valence-corrected chi connectivity index (χ0v) is 18.4. The number of nitrogens with zero attached hydrogens (tertiary/aromatic N) is 3. The molecule has 158 valence electrons. The van der Waals surface area contributed by atoms with E-state index in [0.717, 1.165) is 44.5 Å². The fraction of sp³-hybridized carbons (Fsp3) is 0.409. The van der Waals surface area contributed by atoms with Gasteiger partial charge >= 0.3 is 0 Å². The number of aromatic nitrogens is 2. The number of benzene rings is 1. The number of rotatable bonds is 5. The topological polar surface area (TPSA) is 88.7 Å². The number of carbonyl (C=O) groups excluding carboxylic acids is 1. The molecular formula is C22H25N3O4S. The van der Waals surface area contributed by atoms with E-state index in [1.165, 1.54) is 11.3 Å². The van der Waals surface area contributed by atoms with Crippen LogP contribution in [-0.2, 0) is 6.42 Å². The molecule has 3 heterocycles. The van der Waals surface area contributed by atoms with E-state index in [0.29, 0.717) is 24.6 Å². The summed E-state index contributed by atoms with van der Waals surface area (Å²) in [5.41, 5.74) is 4.46. The highest BCUT2D eigenvalue weighted by molar-refractivity contribution is 7.14. The van der Waals surface area contributed by atoms with Gasteiger partial charge in [-0.25, -0.2) is 4.98 Å². The molecule has 1 N–H and O–H groups in total. The summed E-state index contributed by atoms with van der Waals surface area (Å²) in [5, 5.41) is 13.8.